The van der Waals surface area contributed by atoms with Crippen molar-refractivity contribution >= 4 is 5.91 Å². The molecule has 1 atom stereocenters. The Hall–Kier alpha value is -2.14. The van der Waals surface area contributed by atoms with Crippen LogP contribution in [0.1, 0.15) is 54.0 Å². The van der Waals surface area contributed by atoms with Crippen molar-refractivity contribution in [2.24, 2.45) is 7.05 Å². The summed E-state index contributed by atoms with van der Waals surface area (Å²) < 4.78 is 1.67. The van der Waals surface area contributed by atoms with E-state index in [4.69, 9.17) is 0 Å². The van der Waals surface area contributed by atoms with Crippen molar-refractivity contribution in [2.45, 2.75) is 32.2 Å². The molecule has 5 nitrogen and oxygen atoms in total. The van der Waals surface area contributed by atoms with Gasteiger partial charge in [0.1, 0.15) is 5.69 Å². The van der Waals surface area contributed by atoms with Gasteiger partial charge >= 0.3 is 0 Å². The van der Waals surface area contributed by atoms with Gasteiger partial charge in [-0.1, -0.05) is 44.2 Å². The SMILES string of the molecule is CC(C)c1cc(C(=O)N[C@@H](CCN(C)C)c2ccccc2)n(C)n1. The summed E-state index contributed by atoms with van der Waals surface area (Å²) in [5, 5.41) is 7.60. The largest absolute Gasteiger partial charge is 0.344 e. The van der Waals surface area contributed by atoms with E-state index in [2.05, 4.69) is 41.3 Å². The number of carbonyl (C=O) groups is 1. The van der Waals surface area contributed by atoms with Gasteiger partial charge in [0.05, 0.1) is 11.7 Å². The molecule has 0 aliphatic rings. The molecule has 0 aliphatic carbocycles. The van der Waals surface area contributed by atoms with Crippen molar-refractivity contribution in [1.82, 2.24) is 20.0 Å². The fraction of sp³-hybridized carbons (Fsp3) is 0.474. The summed E-state index contributed by atoms with van der Waals surface area (Å²) in [5.41, 5.74) is 2.66. The summed E-state index contributed by atoms with van der Waals surface area (Å²) in [6.07, 6.45) is 0.859. The first kappa shape index (κ1) is 18.2. The highest BCUT2D eigenvalue weighted by Crippen LogP contribution is 2.19. The molecule has 0 spiro atoms. The molecular formula is C19H28N4O. The minimum absolute atomic E-state index is 0.0153. The number of benzene rings is 1. The maximum absolute atomic E-state index is 12.7. The zero-order valence-corrected chi connectivity index (χ0v) is 15.3. The van der Waals surface area contributed by atoms with Crippen molar-refractivity contribution in [3.05, 3.63) is 53.3 Å². The van der Waals surface area contributed by atoms with Crippen molar-refractivity contribution in [2.75, 3.05) is 20.6 Å². The van der Waals surface area contributed by atoms with Gasteiger partial charge < -0.3 is 10.2 Å². The average molecular weight is 328 g/mol. The Balaban J connectivity index is 2.17. The normalized spacial score (nSPS) is 12.6. The lowest BCUT2D eigenvalue weighted by atomic mass is 10.0. The number of aryl methyl sites for hydroxylation is 1. The number of nitrogens with one attached hydrogen (secondary N) is 1. The number of rotatable bonds is 7. The van der Waals surface area contributed by atoms with Gasteiger partial charge in [-0.2, -0.15) is 5.10 Å². The topological polar surface area (TPSA) is 50.2 Å². The smallest absolute Gasteiger partial charge is 0.270 e. The first-order valence-electron chi connectivity index (χ1n) is 8.43. The molecule has 1 aromatic carbocycles. The van der Waals surface area contributed by atoms with Crippen LogP contribution in [0.2, 0.25) is 0 Å². The molecule has 2 rings (SSSR count). The van der Waals surface area contributed by atoms with Crippen molar-refractivity contribution in [3.8, 4) is 0 Å². The lowest BCUT2D eigenvalue weighted by Gasteiger charge is -2.21. The molecule has 0 fully saturated rings. The van der Waals surface area contributed by atoms with E-state index in [1.165, 1.54) is 0 Å². The second kappa shape index (κ2) is 8.11. The fourth-order valence-electron chi connectivity index (χ4n) is 2.61. The molecule has 130 valence electrons. The lowest BCUT2D eigenvalue weighted by Crippen LogP contribution is -2.32. The monoisotopic (exact) mass is 328 g/mol. The van der Waals surface area contributed by atoms with E-state index in [1.807, 2.05) is 45.4 Å². The minimum atomic E-state index is -0.0792. The number of hydrogen-bond acceptors (Lipinski definition) is 3. The predicted molar refractivity (Wildman–Crippen MR) is 97.1 cm³/mol. The van der Waals surface area contributed by atoms with E-state index < -0.39 is 0 Å². The fourth-order valence-corrected chi connectivity index (χ4v) is 2.61. The zero-order valence-electron chi connectivity index (χ0n) is 15.3. The molecule has 24 heavy (non-hydrogen) atoms. The van der Waals surface area contributed by atoms with Crippen molar-refractivity contribution in [3.63, 3.8) is 0 Å². The summed E-state index contributed by atoms with van der Waals surface area (Å²) in [6.45, 7) is 5.06. The van der Waals surface area contributed by atoms with Gasteiger partial charge in [0.25, 0.3) is 5.91 Å². The molecule has 1 N–H and O–H groups in total. The molecule has 2 aromatic rings. The van der Waals surface area contributed by atoms with Crippen LogP contribution in [-0.2, 0) is 7.05 Å². The van der Waals surface area contributed by atoms with Crippen LogP contribution in [0.4, 0.5) is 0 Å². The van der Waals surface area contributed by atoms with Crippen LogP contribution in [0.25, 0.3) is 0 Å². The van der Waals surface area contributed by atoms with Crippen LogP contribution in [0.3, 0.4) is 0 Å². The number of nitrogens with zero attached hydrogens (tertiary/aromatic N) is 3. The Morgan fingerprint density at radius 2 is 1.92 bits per heavy atom. The second-order valence-electron chi connectivity index (χ2n) is 6.76. The van der Waals surface area contributed by atoms with Crippen LogP contribution in [0, 0.1) is 0 Å². The van der Waals surface area contributed by atoms with E-state index in [-0.39, 0.29) is 11.9 Å². The van der Waals surface area contributed by atoms with E-state index in [0.717, 1.165) is 24.2 Å². The van der Waals surface area contributed by atoms with Gasteiger partial charge in [0, 0.05) is 7.05 Å². The average Bonchev–Trinajstić information content (AvgIpc) is 2.94. The second-order valence-corrected chi connectivity index (χ2v) is 6.76. The highest BCUT2D eigenvalue weighted by Gasteiger charge is 2.19. The molecular weight excluding hydrogens is 300 g/mol. The number of hydrogen-bond donors (Lipinski definition) is 1. The number of carbonyl (C=O) groups excluding carboxylic acids is 1. The van der Waals surface area contributed by atoms with Gasteiger partial charge in [-0.3, -0.25) is 9.48 Å². The summed E-state index contributed by atoms with van der Waals surface area (Å²) in [4.78, 5) is 14.9. The molecule has 0 unspecified atom stereocenters. The first-order chi connectivity index (χ1) is 11.4. The lowest BCUT2D eigenvalue weighted by molar-refractivity contribution is 0.0923. The highest BCUT2D eigenvalue weighted by molar-refractivity contribution is 5.93. The van der Waals surface area contributed by atoms with E-state index in [0.29, 0.717) is 11.6 Å². The molecule has 1 amide bonds. The third-order valence-electron chi connectivity index (χ3n) is 4.10. The van der Waals surface area contributed by atoms with Crippen LogP contribution >= 0.6 is 0 Å². The Morgan fingerprint density at radius 3 is 2.46 bits per heavy atom. The zero-order chi connectivity index (χ0) is 17.7. The van der Waals surface area contributed by atoms with E-state index >= 15 is 0 Å². The van der Waals surface area contributed by atoms with Gasteiger partial charge in [-0.15, -0.1) is 0 Å². The number of amides is 1. The Morgan fingerprint density at radius 1 is 1.25 bits per heavy atom. The quantitative estimate of drug-likeness (QED) is 0.850. The molecule has 0 saturated carbocycles. The van der Waals surface area contributed by atoms with Gasteiger partial charge in [0.2, 0.25) is 0 Å². The summed E-state index contributed by atoms with van der Waals surface area (Å²) in [6, 6.07) is 12.0. The summed E-state index contributed by atoms with van der Waals surface area (Å²) in [7, 11) is 5.90. The molecule has 0 aliphatic heterocycles. The molecule has 0 bridgehead atoms. The molecule has 0 saturated heterocycles. The third kappa shape index (κ3) is 4.68. The van der Waals surface area contributed by atoms with Crippen molar-refractivity contribution < 1.29 is 4.79 Å². The van der Waals surface area contributed by atoms with Crippen LogP contribution in [0.15, 0.2) is 36.4 Å². The Bertz CT molecular complexity index is 661. The van der Waals surface area contributed by atoms with E-state index in [1.54, 1.807) is 4.68 Å². The standard InChI is InChI=1S/C19H28N4O/c1-14(2)17-13-18(23(5)21-17)19(24)20-16(11-12-22(3)4)15-9-7-6-8-10-15/h6-10,13-14,16H,11-12H2,1-5H3,(H,20,24)/t16-/m0/s1. The molecule has 5 heteroatoms. The van der Waals surface area contributed by atoms with Gasteiger partial charge in [0.15, 0.2) is 0 Å². The summed E-state index contributed by atoms with van der Waals surface area (Å²) in [5.74, 6) is 0.223. The van der Waals surface area contributed by atoms with Crippen LogP contribution in [0.5, 0.6) is 0 Å². The first-order valence-corrected chi connectivity index (χ1v) is 8.43. The highest BCUT2D eigenvalue weighted by atomic mass is 16.2. The molecule has 1 heterocycles. The third-order valence-corrected chi connectivity index (χ3v) is 4.10. The minimum Gasteiger partial charge on any atom is -0.344 e. The van der Waals surface area contributed by atoms with E-state index in [9.17, 15) is 4.79 Å². The molecule has 1 aromatic heterocycles. The predicted octanol–water partition coefficient (Wildman–Crippen LogP) is 2.97. The Kier molecular flexibility index (Phi) is 6.15. The maximum Gasteiger partial charge on any atom is 0.270 e. The summed E-state index contributed by atoms with van der Waals surface area (Å²) >= 11 is 0. The van der Waals surface area contributed by atoms with Gasteiger partial charge in [-0.05, 0) is 44.6 Å². The number of aromatic nitrogens is 2. The Labute approximate surface area is 144 Å². The van der Waals surface area contributed by atoms with Crippen molar-refractivity contribution in [1.29, 1.82) is 0 Å². The molecule has 0 radical (unpaired) electrons. The maximum atomic E-state index is 12.7. The van der Waals surface area contributed by atoms with Crippen LogP contribution in [-0.4, -0.2) is 41.2 Å². The van der Waals surface area contributed by atoms with Crippen LogP contribution < -0.4 is 5.32 Å². The van der Waals surface area contributed by atoms with Gasteiger partial charge in [-0.25, -0.2) is 0 Å².